The SMILES string of the molecule is FCCCn1cnc(-c2ccc(F)cc2)c1-c1ccnc(NCCCc2ccccc2)n1. The second-order valence-corrected chi connectivity index (χ2v) is 7.47. The van der Waals surface area contributed by atoms with Gasteiger partial charge in [0.25, 0.3) is 0 Å². The first-order valence-electron chi connectivity index (χ1n) is 10.7. The van der Waals surface area contributed by atoms with Gasteiger partial charge in [-0.2, -0.15) is 0 Å². The Morgan fingerprint density at radius 1 is 0.906 bits per heavy atom. The lowest BCUT2D eigenvalue weighted by Crippen LogP contribution is -2.08. The molecule has 164 valence electrons. The Balaban J connectivity index is 1.54. The number of halogens is 2. The Hall–Kier alpha value is -3.61. The average Bonchev–Trinajstić information content (AvgIpc) is 3.26. The molecule has 0 unspecified atom stereocenters. The zero-order valence-corrected chi connectivity index (χ0v) is 17.7. The van der Waals surface area contributed by atoms with Crippen molar-refractivity contribution in [3.8, 4) is 22.6 Å². The van der Waals surface area contributed by atoms with E-state index in [-0.39, 0.29) is 5.82 Å². The van der Waals surface area contributed by atoms with Crippen molar-refractivity contribution < 1.29 is 8.78 Å². The Kier molecular flexibility index (Phi) is 7.17. The molecular formula is C25H25F2N5. The molecule has 0 bridgehead atoms. The van der Waals surface area contributed by atoms with Gasteiger partial charge in [-0.1, -0.05) is 30.3 Å². The van der Waals surface area contributed by atoms with E-state index in [0.717, 1.165) is 30.6 Å². The third-order valence-corrected chi connectivity index (χ3v) is 5.15. The van der Waals surface area contributed by atoms with Crippen LogP contribution in [0.3, 0.4) is 0 Å². The highest BCUT2D eigenvalue weighted by Crippen LogP contribution is 2.30. The molecule has 0 fully saturated rings. The summed E-state index contributed by atoms with van der Waals surface area (Å²) in [6, 6.07) is 18.3. The lowest BCUT2D eigenvalue weighted by molar-refractivity contribution is 0.447. The van der Waals surface area contributed by atoms with E-state index < -0.39 is 6.67 Å². The van der Waals surface area contributed by atoms with E-state index in [1.165, 1.54) is 17.7 Å². The molecule has 7 heteroatoms. The third-order valence-electron chi connectivity index (χ3n) is 5.15. The first kappa shape index (κ1) is 21.6. The summed E-state index contributed by atoms with van der Waals surface area (Å²) in [4.78, 5) is 13.5. The number of nitrogens with zero attached hydrogens (tertiary/aromatic N) is 4. The molecule has 0 aliphatic rings. The van der Waals surface area contributed by atoms with Crippen molar-refractivity contribution in [2.75, 3.05) is 18.5 Å². The number of aromatic nitrogens is 4. The summed E-state index contributed by atoms with van der Waals surface area (Å²) >= 11 is 0. The number of aryl methyl sites for hydroxylation is 2. The van der Waals surface area contributed by atoms with Gasteiger partial charge in [-0.25, -0.2) is 19.3 Å². The number of anilines is 1. The number of rotatable bonds is 10. The molecule has 0 saturated heterocycles. The smallest absolute Gasteiger partial charge is 0.223 e. The van der Waals surface area contributed by atoms with Gasteiger partial charge in [0, 0.05) is 24.8 Å². The van der Waals surface area contributed by atoms with E-state index in [9.17, 15) is 8.78 Å². The van der Waals surface area contributed by atoms with Crippen molar-refractivity contribution in [2.24, 2.45) is 0 Å². The highest BCUT2D eigenvalue weighted by Gasteiger charge is 2.17. The van der Waals surface area contributed by atoms with Crippen molar-refractivity contribution in [1.29, 1.82) is 0 Å². The maximum atomic E-state index is 13.4. The van der Waals surface area contributed by atoms with Gasteiger partial charge in [-0.15, -0.1) is 0 Å². The van der Waals surface area contributed by atoms with Crippen molar-refractivity contribution >= 4 is 5.95 Å². The van der Waals surface area contributed by atoms with Gasteiger partial charge in [0.05, 0.1) is 30.1 Å². The molecule has 0 aliphatic carbocycles. The highest BCUT2D eigenvalue weighted by atomic mass is 19.1. The zero-order valence-electron chi connectivity index (χ0n) is 17.7. The summed E-state index contributed by atoms with van der Waals surface area (Å²) in [6.07, 6.45) is 5.68. The van der Waals surface area contributed by atoms with E-state index in [0.29, 0.717) is 30.3 Å². The van der Waals surface area contributed by atoms with Gasteiger partial charge in [-0.05, 0) is 55.2 Å². The highest BCUT2D eigenvalue weighted by molar-refractivity contribution is 5.77. The van der Waals surface area contributed by atoms with Gasteiger partial charge in [0.1, 0.15) is 5.82 Å². The largest absolute Gasteiger partial charge is 0.354 e. The average molecular weight is 434 g/mol. The molecule has 2 aromatic carbocycles. The van der Waals surface area contributed by atoms with Gasteiger partial charge >= 0.3 is 0 Å². The van der Waals surface area contributed by atoms with E-state index in [4.69, 9.17) is 0 Å². The molecular weight excluding hydrogens is 408 g/mol. The molecule has 2 aromatic heterocycles. The van der Waals surface area contributed by atoms with Crippen LogP contribution in [-0.2, 0) is 13.0 Å². The Labute approximate surface area is 186 Å². The van der Waals surface area contributed by atoms with Crippen molar-refractivity contribution in [3.63, 3.8) is 0 Å². The number of imidazole rings is 1. The second kappa shape index (κ2) is 10.6. The van der Waals surface area contributed by atoms with E-state index in [2.05, 4.69) is 32.4 Å². The molecule has 2 heterocycles. The predicted molar refractivity (Wildman–Crippen MR) is 122 cm³/mol. The van der Waals surface area contributed by atoms with Crippen molar-refractivity contribution in [3.05, 3.63) is 84.6 Å². The normalized spacial score (nSPS) is 10.9. The van der Waals surface area contributed by atoms with Crippen LogP contribution in [0.15, 0.2) is 73.2 Å². The van der Waals surface area contributed by atoms with Crippen LogP contribution in [0.4, 0.5) is 14.7 Å². The first-order chi connectivity index (χ1) is 15.7. The van der Waals surface area contributed by atoms with E-state index >= 15 is 0 Å². The summed E-state index contributed by atoms with van der Waals surface area (Å²) in [5.74, 6) is 0.218. The quantitative estimate of drug-likeness (QED) is 0.333. The fourth-order valence-corrected chi connectivity index (χ4v) is 3.58. The number of alkyl halides is 1. The van der Waals surface area contributed by atoms with Gasteiger partial charge in [-0.3, -0.25) is 4.39 Å². The van der Waals surface area contributed by atoms with Crippen molar-refractivity contribution in [1.82, 2.24) is 19.5 Å². The summed E-state index contributed by atoms with van der Waals surface area (Å²) in [5, 5.41) is 3.29. The van der Waals surface area contributed by atoms with Crippen molar-refractivity contribution in [2.45, 2.75) is 25.8 Å². The lowest BCUT2D eigenvalue weighted by atomic mass is 10.1. The van der Waals surface area contributed by atoms with Gasteiger partial charge < -0.3 is 9.88 Å². The standard InChI is InChI=1S/C25H25F2N5/c26-14-5-17-32-18-30-23(20-9-11-21(27)12-10-20)24(32)22-13-16-29-25(31-22)28-15-4-8-19-6-2-1-3-7-19/h1-3,6-7,9-13,16,18H,4-5,8,14-15,17H2,(H,28,29,31). The number of benzene rings is 2. The van der Waals surface area contributed by atoms with Crippen LogP contribution in [0.2, 0.25) is 0 Å². The summed E-state index contributed by atoms with van der Waals surface area (Å²) in [6.45, 7) is 0.801. The topological polar surface area (TPSA) is 55.6 Å². The maximum absolute atomic E-state index is 13.4. The molecule has 0 atom stereocenters. The summed E-state index contributed by atoms with van der Waals surface area (Å²) in [5.41, 5.74) is 4.19. The zero-order chi connectivity index (χ0) is 22.2. The molecule has 0 amide bonds. The minimum absolute atomic E-state index is 0.309. The molecule has 0 spiro atoms. The Morgan fingerprint density at radius 2 is 1.72 bits per heavy atom. The van der Waals surface area contributed by atoms with E-state index in [1.807, 2.05) is 28.8 Å². The number of hydrogen-bond acceptors (Lipinski definition) is 4. The Morgan fingerprint density at radius 3 is 2.50 bits per heavy atom. The molecule has 32 heavy (non-hydrogen) atoms. The fraction of sp³-hybridized carbons (Fsp3) is 0.240. The second-order valence-electron chi connectivity index (χ2n) is 7.47. The van der Waals surface area contributed by atoms with Crippen LogP contribution in [0.5, 0.6) is 0 Å². The first-order valence-corrected chi connectivity index (χ1v) is 10.7. The fourth-order valence-electron chi connectivity index (χ4n) is 3.58. The Bertz CT molecular complexity index is 1130. The number of nitrogens with one attached hydrogen (secondary N) is 1. The summed E-state index contributed by atoms with van der Waals surface area (Å²) in [7, 11) is 0. The van der Waals surface area contributed by atoms with Crippen LogP contribution in [0.1, 0.15) is 18.4 Å². The molecule has 5 nitrogen and oxygen atoms in total. The molecule has 1 N–H and O–H groups in total. The molecule has 0 radical (unpaired) electrons. The van der Waals surface area contributed by atoms with Crippen LogP contribution in [-0.4, -0.2) is 32.7 Å². The van der Waals surface area contributed by atoms with Crippen LogP contribution >= 0.6 is 0 Å². The molecule has 4 aromatic rings. The van der Waals surface area contributed by atoms with Crippen LogP contribution in [0, 0.1) is 5.82 Å². The molecule has 0 saturated carbocycles. The molecule has 0 aliphatic heterocycles. The third kappa shape index (κ3) is 5.35. The maximum Gasteiger partial charge on any atom is 0.223 e. The lowest BCUT2D eigenvalue weighted by Gasteiger charge is -2.11. The van der Waals surface area contributed by atoms with Crippen LogP contribution < -0.4 is 5.32 Å². The minimum atomic E-state index is -0.415. The monoisotopic (exact) mass is 433 g/mol. The van der Waals surface area contributed by atoms with E-state index in [1.54, 1.807) is 24.7 Å². The summed E-state index contributed by atoms with van der Waals surface area (Å²) < 4.78 is 28.1. The van der Waals surface area contributed by atoms with Gasteiger partial charge in [0.15, 0.2) is 0 Å². The van der Waals surface area contributed by atoms with Crippen LogP contribution in [0.25, 0.3) is 22.6 Å². The number of hydrogen-bond donors (Lipinski definition) is 1. The minimum Gasteiger partial charge on any atom is -0.354 e. The van der Waals surface area contributed by atoms with Gasteiger partial charge in [0.2, 0.25) is 5.95 Å². The predicted octanol–water partition coefficient (Wildman–Crippen LogP) is 5.55. The molecule has 4 rings (SSSR count).